The summed E-state index contributed by atoms with van der Waals surface area (Å²) in [6.07, 6.45) is 4.52. The minimum Gasteiger partial charge on any atom is -1.00 e. The topological polar surface area (TPSA) is 43.0 Å². The number of carbonyl (C=O) groups excluding carboxylic acids is 2. The van der Waals surface area contributed by atoms with Crippen molar-refractivity contribution < 1.29 is 31.1 Å². The number of ketones is 2. The zero-order valence-corrected chi connectivity index (χ0v) is 16.3. The third-order valence-electron chi connectivity index (χ3n) is 5.26. The molecule has 132 valence electrons. The number of nitrogens with zero attached hydrogens (tertiary/aromatic N) is 2. The van der Waals surface area contributed by atoms with Crippen LogP contribution in [0.2, 0.25) is 0 Å². The maximum absolute atomic E-state index is 13.1. The van der Waals surface area contributed by atoms with Crippen molar-refractivity contribution in [2.75, 3.05) is 0 Å². The van der Waals surface area contributed by atoms with Gasteiger partial charge in [-0.25, -0.2) is 9.13 Å². The van der Waals surface area contributed by atoms with Gasteiger partial charge in [-0.05, 0) is 25.2 Å². The average Bonchev–Trinajstić information content (AvgIpc) is 3.37. The number of aromatic nitrogens is 2. The largest absolute Gasteiger partial charge is 1.00 e. The number of imidazole rings is 1. The molecule has 2 aliphatic rings. The lowest BCUT2D eigenvalue weighted by molar-refractivity contribution is -0.707. The van der Waals surface area contributed by atoms with Crippen LogP contribution in [-0.4, -0.2) is 16.1 Å². The van der Waals surface area contributed by atoms with Crippen molar-refractivity contribution in [1.29, 1.82) is 0 Å². The van der Waals surface area contributed by atoms with Gasteiger partial charge in [0.25, 0.3) is 5.82 Å². The molecule has 1 aromatic heterocycles. The molecule has 4 rings (SSSR count). The van der Waals surface area contributed by atoms with Gasteiger partial charge in [0.2, 0.25) is 23.0 Å². The van der Waals surface area contributed by atoms with E-state index in [2.05, 4.69) is 16.1 Å². The zero-order chi connectivity index (χ0) is 16.8. The van der Waals surface area contributed by atoms with Crippen molar-refractivity contribution in [3.05, 3.63) is 52.6 Å². The van der Waals surface area contributed by atoms with Crippen LogP contribution in [0.15, 0.2) is 24.3 Å². The van der Waals surface area contributed by atoms with E-state index in [4.69, 9.17) is 0 Å². The highest BCUT2D eigenvalue weighted by molar-refractivity contribution is 6.26. The molecule has 0 amide bonds. The summed E-state index contributed by atoms with van der Waals surface area (Å²) in [5.74, 6) is 1.68. The second-order valence-corrected chi connectivity index (χ2v) is 7.01. The first-order valence-corrected chi connectivity index (χ1v) is 8.94. The Balaban J connectivity index is 0.00000182. The maximum atomic E-state index is 13.1. The van der Waals surface area contributed by atoms with Crippen LogP contribution in [0.1, 0.15) is 70.5 Å². The Morgan fingerprint density at radius 1 is 1.12 bits per heavy atom. The first kappa shape index (κ1) is 18.1. The second kappa shape index (κ2) is 6.87. The minimum atomic E-state index is -0.00560. The fourth-order valence-electron chi connectivity index (χ4n) is 3.69. The summed E-state index contributed by atoms with van der Waals surface area (Å²) >= 11 is 0. The number of hydrogen-bond acceptors (Lipinski definition) is 2. The normalized spacial score (nSPS) is 15.6. The zero-order valence-electron chi connectivity index (χ0n) is 14.7. The fraction of sp³-hybridized carbons (Fsp3) is 0.450. The number of benzene rings is 1. The van der Waals surface area contributed by atoms with Crippen LogP contribution >= 0.6 is 0 Å². The van der Waals surface area contributed by atoms with E-state index in [0.717, 1.165) is 31.8 Å². The Morgan fingerprint density at radius 3 is 2.36 bits per heavy atom. The Morgan fingerprint density at radius 2 is 1.76 bits per heavy atom. The van der Waals surface area contributed by atoms with Crippen LogP contribution in [0.4, 0.5) is 0 Å². The smallest absolute Gasteiger partial charge is 0.254 e. The summed E-state index contributed by atoms with van der Waals surface area (Å²) in [5.41, 5.74) is 2.31. The van der Waals surface area contributed by atoms with Gasteiger partial charge in [0.05, 0.1) is 13.1 Å². The van der Waals surface area contributed by atoms with Gasteiger partial charge < -0.3 is 17.0 Å². The van der Waals surface area contributed by atoms with Gasteiger partial charge in [-0.15, -0.1) is 0 Å². The van der Waals surface area contributed by atoms with Crippen LogP contribution < -0.4 is 21.5 Å². The van der Waals surface area contributed by atoms with E-state index < -0.39 is 0 Å². The molecule has 5 heteroatoms. The molecule has 1 aromatic carbocycles. The van der Waals surface area contributed by atoms with Crippen molar-refractivity contribution >= 4 is 11.6 Å². The number of rotatable bonds is 5. The summed E-state index contributed by atoms with van der Waals surface area (Å²) in [4.78, 5) is 26.2. The first-order valence-electron chi connectivity index (χ1n) is 8.94. The van der Waals surface area contributed by atoms with Gasteiger partial charge in [-0.1, -0.05) is 37.6 Å². The van der Waals surface area contributed by atoms with Crippen molar-refractivity contribution in [2.24, 2.45) is 5.92 Å². The van der Waals surface area contributed by atoms with Gasteiger partial charge in [0.1, 0.15) is 0 Å². The van der Waals surface area contributed by atoms with Gasteiger partial charge >= 0.3 is 0 Å². The summed E-state index contributed by atoms with van der Waals surface area (Å²) in [7, 11) is 0. The van der Waals surface area contributed by atoms with Crippen molar-refractivity contribution in [1.82, 2.24) is 4.57 Å². The highest BCUT2D eigenvalue weighted by Crippen LogP contribution is 2.32. The molecule has 1 saturated carbocycles. The molecule has 1 heterocycles. The minimum absolute atomic E-state index is 0. The van der Waals surface area contributed by atoms with E-state index in [1.807, 2.05) is 19.1 Å². The number of unbranched alkanes of at least 4 members (excludes halogenated alkanes) is 1. The highest BCUT2D eigenvalue weighted by Gasteiger charge is 2.43. The first-order chi connectivity index (χ1) is 11.6. The number of carbonyl (C=O) groups is 2. The van der Waals surface area contributed by atoms with Crippen LogP contribution in [0.5, 0.6) is 0 Å². The predicted molar refractivity (Wildman–Crippen MR) is 90.3 cm³/mol. The van der Waals surface area contributed by atoms with E-state index >= 15 is 0 Å². The molecule has 4 nitrogen and oxygen atoms in total. The molecular weight excluding hydrogens is 380 g/mol. The van der Waals surface area contributed by atoms with Crippen LogP contribution in [0.25, 0.3) is 0 Å². The average molecular weight is 403 g/mol. The predicted octanol–water partition coefficient (Wildman–Crippen LogP) is 0.0735. The maximum Gasteiger partial charge on any atom is 0.254 e. The van der Waals surface area contributed by atoms with E-state index in [1.165, 1.54) is 12.8 Å². The van der Waals surface area contributed by atoms with Gasteiger partial charge in [-0.2, -0.15) is 0 Å². The molecule has 0 radical (unpaired) electrons. The van der Waals surface area contributed by atoms with Crippen molar-refractivity contribution in [2.45, 2.75) is 52.6 Å². The van der Waals surface area contributed by atoms with Crippen molar-refractivity contribution in [3.63, 3.8) is 0 Å². The van der Waals surface area contributed by atoms with E-state index in [0.29, 0.717) is 28.4 Å². The summed E-state index contributed by atoms with van der Waals surface area (Å²) < 4.78 is 4.19. The van der Waals surface area contributed by atoms with Crippen LogP contribution in [0, 0.1) is 12.8 Å². The Labute approximate surface area is 158 Å². The lowest BCUT2D eigenvalue weighted by Crippen LogP contribution is -3.00. The highest BCUT2D eigenvalue weighted by atomic mass is 79.9. The lowest BCUT2D eigenvalue weighted by Gasteiger charge is -2.12. The lowest BCUT2D eigenvalue weighted by atomic mass is 9.90. The Kier molecular flexibility index (Phi) is 4.96. The van der Waals surface area contributed by atoms with Crippen LogP contribution in [-0.2, 0) is 13.1 Å². The van der Waals surface area contributed by atoms with E-state index in [-0.39, 0.29) is 28.5 Å². The summed E-state index contributed by atoms with van der Waals surface area (Å²) in [6, 6.07) is 7.22. The molecule has 0 saturated heterocycles. The molecule has 0 atom stereocenters. The number of halogens is 1. The third kappa shape index (κ3) is 2.88. The van der Waals surface area contributed by atoms with Gasteiger partial charge in [0, 0.05) is 18.1 Å². The number of fused-ring (bicyclic) bond motifs is 2. The standard InChI is InChI=1S/C20H23N2O2.BrH/c1-3-4-11-21-13(2)22(12-14-9-10-14)18-17(21)19(23)15-7-5-6-8-16(15)20(18)24;/h5-8,14H,3-4,9-12H2,1-2H3;1H/q+1;/p-1. The Bertz CT molecular complexity index is 850. The second-order valence-electron chi connectivity index (χ2n) is 7.01. The van der Waals surface area contributed by atoms with Gasteiger partial charge in [0.15, 0.2) is 0 Å². The summed E-state index contributed by atoms with van der Waals surface area (Å²) in [5, 5.41) is 0. The van der Waals surface area contributed by atoms with E-state index in [9.17, 15) is 9.59 Å². The Hall–Kier alpha value is -1.75. The molecule has 0 aliphatic heterocycles. The van der Waals surface area contributed by atoms with E-state index in [1.54, 1.807) is 12.1 Å². The summed E-state index contributed by atoms with van der Waals surface area (Å²) in [6.45, 7) is 5.84. The fourth-order valence-corrected chi connectivity index (χ4v) is 3.69. The molecule has 0 bridgehead atoms. The molecule has 0 N–H and O–H groups in total. The number of hydrogen-bond donors (Lipinski definition) is 0. The molecule has 0 unspecified atom stereocenters. The molecular formula is C20H23BrN2O2. The molecule has 1 fully saturated rings. The molecule has 0 spiro atoms. The quantitative estimate of drug-likeness (QED) is 0.567. The van der Waals surface area contributed by atoms with Crippen LogP contribution in [0.3, 0.4) is 0 Å². The third-order valence-corrected chi connectivity index (χ3v) is 5.26. The molecule has 2 aromatic rings. The van der Waals surface area contributed by atoms with Gasteiger partial charge in [-0.3, -0.25) is 9.59 Å². The van der Waals surface area contributed by atoms with Crippen molar-refractivity contribution in [3.8, 4) is 0 Å². The molecule has 25 heavy (non-hydrogen) atoms. The SMILES string of the molecule is CCCCn1c2c([n+](CC3CC3)c1C)C(=O)c1ccccc1C2=O.[Br-]. The molecule has 2 aliphatic carbocycles. The monoisotopic (exact) mass is 402 g/mol.